The Balaban J connectivity index is 2.66. The van der Waals surface area contributed by atoms with E-state index in [1.54, 1.807) is 0 Å². The Morgan fingerprint density at radius 3 is 2.53 bits per heavy atom. The highest BCUT2D eigenvalue weighted by molar-refractivity contribution is 7.99. The van der Waals surface area contributed by atoms with Gasteiger partial charge in [-0.25, -0.2) is 0 Å². The molecule has 1 aliphatic heterocycles. The van der Waals surface area contributed by atoms with Gasteiger partial charge in [-0.3, -0.25) is 0 Å². The second kappa shape index (κ2) is 5.07. The molecule has 1 fully saturated rings. The maximum atomic E-state index is 5.99. The summed E-state index contributed by atoms with van der Waals surface area (Å²) in [6.07, 6.45) is 2.38. The lowest BCUT2D eigenvalue weighted by Gasteiger charge is -2.46. The fraction of sp³-hybridized carbons (Fsp3) is 1.00. The number of nitrogens with two attached hydrogens (primary N) is 1. The van der Waals surface area contributed by atoms with Crippen LogP contribution >= 0.6 is 11.8 Å². The molecule has 2 nitrogen and oxygen atoms in total. The highest BCUT2D eigenvalue weighted by atomic mass is 32.2. The first-order valence-electron chi connectivity index (χ1n) is 5.98. The van der Waals surface area contributed by atoms with Gasteiger partial charge in [0, 0.05) is 23.9 Å². The Bertz CT molecular complexity index is 206. The number of hydrogen-bond acceptors (Lipinski definition) is 3. The van der Waals surface area contributed by atoms with Crippen molar-refractivity contribution in [1.29, 1.82) is 0 Å². The molecule has 1 saturated heterocycles. The van der Waals surface area contributed by atoms with Gasteiger partial charge in [0.2, 0.25) is 0 Å². The first-order chi connectivity index (χ1) is 6.93. The van der Waals surface area contributed by atoms with Gasteiger partial charge in [0.05, 0.1) is 0 Å². The van der Waals surface area contributed by atoms with Crippen LogP contribution in [0.3, 0.4) is 0 Å². The van der Waals surface area contributed by atoms with Crippen LogP contribution in [0.15, 0.2) is 0 Å². The molecule has 2 unspecified atom stereocenters. The average molecular weight is 230 g/mol. The van der Waals surface area contributed by atoms with Gasteiger partial charge in [-0.1, -0.05) is 20.8 Å². The van der Waals surface area contributed by atoms with Gasteiger partial charge in [0.15, 0.2) is 0 Å². The van der Waals surface area contributed by atoms with Crippen molar-refractivity contribution in [1.82, 2.24) is 5.32 Å². The highest BCUT2D eigenvalue weighted by Gasteiger charge is 2.39. The van der Waals surface area contributed by atoms with Crippen molar-refractivity contribution in [3.8, 4) is 0 Å². The van der Waals surface area contributed by atoms with E-state index >= 15 is 0 Å². The second-order valence-electron chi connectivity index (χ2n) is 5.77. The van der Waals surface area contributed by atoms with Crippen LogP contribution in [0.5, 0.6) is 0 Å². The third kappa shape index (κ3) is 3.65. The Morgan fingerprint density at radius 1 is 1.40 bits per heavy atom. The molecule has 3 N–H and O–H groups in total. The van der Waals surface area contributed by atoms with Gasteiger partial charge in [0.1, 0.15) is 0 Å². The molecule has 15 heavy (non-hydrogen) atoms. The van der Waals surface area contributed by atoms with E-state index in [0.29, 0.717) is 11.5 Å². The molecule has 0 aromatic heterocycles. The maximum Gasteiger partial charge on any atom is 0.0402 e. The number of thioether (sulfide) groups is 1. The lowest BCUT2D eigenvalue weighted by Crippen LogP contribution is -2.60. The van der Waals surface area contributed by atoms with E-state index in [1.165, 1.54) is 18.6 Å². The van der Waals surface area contributed by atoms with E-state index in [4.69, 9.17) is 5.73 Å². The number of hydrogen-bond donors (Lipinski definition) is 2. The van der Waals surface area contributed by atoms with Gasteiger partial charge >= 0.3 is 0 Å². The summed E-state index contributed by atoms with van der Waals surface area (Å²) in [5.41, 5.74) is 6.57. The molecule has 3 heteroatoms. The Hall–Kier alpha value is 0.270. The van der Waals surface area contributed by atoms with Crippen molar-refractivity contribution in [2.45, 2.75) is 52.1 Å². The van der Waals surface area contributed by atoms with E-state index in [2.05, 4.69) is 33.0 Å². The predicted octanol–water partition coefficient (Wildman–Crippen LogP) is 2.24. The molecule has 1 aliphatic rings. The molecular weight excluding hydrogens is 204 g/mol. The summed E-state index contributed by atoms with van der Waals surface area (Å²) in [6.45, 7) is 9.93. The molecule has 90 valence electrons. The minimum Gasteiger partial charge on any atom is -0.329 e. The third-order valence-electron chi connectivity index (χ3n) is 3.24. The summed E-state index contributed by atoms with van der Waals surface area (Å²) in [5, 5.41) is 3.74. The largest absolute Gasteiger partial charge is 0.329 e. The standard InChI is InChI=1S/C12H26N2S/c1-5-10(2)14-12(7-13)6-11(3,4)8-15-9-12/h10,14H,5-9,13H2,1-4H3. The summed E-state index contributed by atoms with van der Waals surface area (Å²) >= 11 is 2.04. The van der Waals surface area contributed by atoms with E-state index in [-0.39, 0.29) is 5.54 Å². The minimum absolute atomic E-state index is 0.168. The summed E-state index contributed by atoms with van der Waals surface area (Å²) in [7, 11) is 0. The molecule has 0 bridgehead atoms. The molecule has 1 rings (SSSR count). The zero-order chi connectivity index (χ0) is 11.5. The third-order valence-corrected chi connectivity index (χ3v) is 4.99. The molecule has 0 aromatic rings. The highest BCUT2D eigenvalue weighted by Crippen LogP contribution is 2.39. The fourth-order valence-electron chi connectivity index (χ4n) is 2.45. The summed E-state index contributed by atoms with van der Waals surface area (Å²) in [5.74, 6) is 2.42. The van der Waals surface area contributed by atoms with Crippen LogP contribution in [0.1, 0.15) is 40.5 Å². The molecule has 1 heterocycles. The van der Waals surface area contributed by atoms with Crippen LogP contribution in [0.25, 0.3) is 0 Å². The summed E-state index contributed by atoms with van der Waals surface area (Å²) in [4.78, 5) is 0. The van der Waals surface area contributed by atoms with Crippen molar-refractivity contribution in [2.24, 2.45) is 11.1 Å². The van der Waals surface area contributed by atoms with Gasteiger partial charge in [-0.05, 0) is 30.9 Å². The predicted molar refractivity (Wildman–Crippen MR) is 70.4 cm³/mol. The smallest absolute Gasteiger partial charge is 0.0402 e. The molecule has 0 aliphatic carbocycles. The maximum absolute atomic E-state index is 5.99. The molecule has 0 radical (unpaired) electrons. The normalized spacial score (nSPS) is 32.6. The van der Waals surface area contributed by atoms with Crippen LogP contribution < -0.4 is 11.1 Å². The van der Waals surface area contributed by atoms with E-state index in [9.17, 15) is 0 Å². The van der Waals surface area contributed by atoms with Crippen LogP contribution in [-0.4, -0.2) is 29.6 Å². The Kier molecular flexibility index (Phi) is 4.50. The molecule has 0 aromatic carbocycles. The zero-order valence-corrected chi connectivity index (χ0v) is 11.4. The molecule has 2 atom stereocenters. The second-order valence-corrected chi connectivity index (χ2v) is 6.76. The zero-order valence-electron chi connectivity index (χ0n) is 10.6. The van der Waals surface area contributed by atoms with Gasteiger partial charge in [0.25, 0.3) is 0 Å². The average Bonchev–Trinajstić information content (AvgIpc) is 2.16. The van der Waals surface area contributed by atoms with Gasteiger partial charge < -0.3 is 11.1 Å². The lowest BCUT2D eigenvalue weighted by atomic mass is 9.79. The van der Waals surface area contributed by atoms with Crippen LogP contribution in [0.4, 0.5) is 0 Å². The Morgan fingerprint density at radius 2 is 2.07 bits per heavy atom. The van der Waals surface area contributed by atoms with Gasteiger partial charge in [-0.2, -0.15) is 11.8 Å². The number of rotatable bonds is 4. The molecule has 0 amide bonds. The first-order valence-corrected chi connectivity index (χ1v) is 7.14. The van der Waals surface area contributed by atoms with Crippen LogP contribution in [0.2, 0.25) is 0 Å². The van der Waals surface area contributed by atoms with Crippen LogP contribution in [0, 0.1) is 5.41 Å². The monoisotopic (exact) mass is 230 g/mol. The quantitative estimate of drug-likeness (QED) is 0.778. The van der Waals surface area contributed by atoms with Crippen molar-refractivity contribution in [3.05, 3.63) is 0 Å². The van der Waals surface area contributed by atoms with E-state index in [1.807, 2.05) is 11.8 Å². The van der Waals surface area contributed by atoms with E-state index < -0.39 is 0 Å². The minimum atomic E-state index is 0.168. The molecular formula is C12H26N2S. The van der Waals surface area contributed by atoms with Crippen molar-refractivity contribution in [2.75, 3.05) is 18.1 Å². The van der Waals surface area contributed by atoms with Gasteiger partial charge in [-0.15, -0.1) is 0 Å². The van der Waals surface area contributed by atoms with Crippen molar-refractivity contribution >= 4 is 11.8 Å². The number of nitrogens with one attached hydrogen (secondary N) is 1. The lowest BCUT2D eigenvalue weighted by molar-refractivity contribution is 0.211. The van der Waals surface area contributed by atoms with Crippen molar-refractivity contribution < 1.29 is 0 Å². The summed E-state index contributed by atoms with van der Waals surface area (Å²) in [6, 6.07) is 0.572. The van der Waals surface area contributed by atoms with Crippen molar-refractivity contribution in [3.63, 3.8) is 0 Å². The van der Waals surface area contributed by atoms with E-state index in [0.717, 1.165) is 12.3 Å². The topological polar surface area (TPSA) is 38.0 Å². The van der Waals surface area contributed by atoms with Crippen LogP contribution in [-0.2, 0) is 0 Å². The SMILES string of the molecule is CCC(C)NC1(CN)CSCC(C)(C)C1. The molecule has 0 saturated carbocycles. The fourth-order valence-corrected chi connectivity index (χ4v) is 3.90. The Labute approximate surface area is 98.8 Å². The molecule has 0 spiro atoms. The summed E-state index contributed by atoms with van der Waals surface area (Å²) < 4.78 is 0. The first kappa shape index (κ1) is 13.3.